The van der Waals surface area contributed by atoms with Gasteiger partial charge in [-0.25, -0.2) is 4.79 Å². The van der Waals surface area contributed by atoms with Gasteiger partial charge in [0.1, 0.15) is 0 Å². The fourth-order valence-corrected chi connectivity index (χ4v) is 0.379. The SMILES string of the molecule is CSC=CC(=O)O. The van der Waals surface area contributed by atoms with E-state index in [1.54, 1.807) is 6.26 Å². The Kier molecular flexibility index (Phi) is 3.50. The monoisotopic (exact) mass is 118 g/mol. The molecular formula is C4H6O2S. The summed E-state index contributed by atoms with van der Waals surface area (Å²) in [6.07, 6.45) is 2.91. The van der Waals surface area contributed by atoms with Crippen LogP contribution >= 0.6 is 11.8 Å². The van der Waals surface area contributed by atoms with Crippen molar-refractivity contribution >= 4 is 17.7 Å². The van der Waals surface area contributed by atoms with E-state index in [1.807, 2.05) is 0 Å². The van der Waals surface area contributed by atoms with Crippen LogP contribution in [0.5, 0.6) is 0 Å². The molecule has 0 aromatic rings. The molecule has 40 valence electrons. The van der Waals surface area contributed by atoms with Gasteiger partial charge in [0.15, 0.2) is 0 Å². The lowest BCUT2D eigenvalue weighted by Crippen LogP contribution is -1.83. The second kappa shape index (κ2) is 3.74. The second-order valence-corrected chi connectivity index (χ2v) is 1.62. The van der Waals surface area contributed by atoms with Crippen LogP contribution in [0.4, 0.5) is 0 Å². The van der Waals surface area contributed by atoms with Crippen LogP contribution in [-0.2, 0) is 4.79 Å². The van der Waals surface area contributed by atoms with E-state index < -0.39 is 5.97 Å². The number of thioether (sulfide) groups is 1. The maximum atomic E-state index is 9.66. The molecule has 0 radical (unpaired) electrons. The highest BCUT2D eigenvalue weighted by Gasteiger charge is 1.79. The maximum absolute atomic E-state index is 9.66. The van der Waals surface area contributed by atoms with Gasteiger partial charge in [0.2, 0.25) is 0 Å². The third kappa shape index (κ3) is 5.56. The van der Waals surface area contributed by atoms with E-state index in [2.05, 4.69) is 0 Å². The van der Waals surface area contributed by atoms with Crippen molar-refractivity contribution in [3.05, 3.63) is 11.5 Å². The molecule has 0 aromatic heterocycles. The van der Waals surface area contributed by atoms with E-state index in [0.717, 1.165) is 6.08 Å². The highest BCUT2D eigenvalue weighted by Crippen LogP contribution is 1.91. The largest absolute Gasteiger partial charge is 0.478 e. The van der Waals surface area contributed by atoms with Gasteiger partial charge in [0.05, 0.1) is 0 Å². The second-order valence-electron chi connectivity index (χ2n) is 0.877. The van der Waals surface area contributed by atoms with Crippen molar-refractivity contribution in [1.82, 2.24) is 0 Å². The molecule has 0 amide bonds. The van der Waals surface area contributed by atoms with Crippen molar-refractivity contribution in [2.24, 2.45) is 0 Å². The van der Waals surface area contributed by atoms with Gasteiger partial charge >= 0.3 is 5.97 Å². The summed E-state index contributed by atoms with van der Waals surface area (Å²) in [6, 6.07) is 0. The van der Waals surface area contributed by atoms with Crippen LogP contribution in [0.15, 0.2) is 11.5 Å². The summed E-state index contributed by atoms with van der Waals surface area (Å²) in [5.74, 6) is -0.894. The Morgan fingerprint density at radius 3 is 2.57 bits per heavy atom. The maximum Gasteiger partial charge on any atom is 0.328 e. The van der Waals surface area contributed by atoms with Crippen molar-refractivity contribution in [2.45, 2.75) is 0 Å². The number of hydrogen-bond donors (Lipinski definition) is 1. The summed E-state index contributed by atoms with van der Waals surface area (Å²) in [7, 11) is 0. The molecule has 3 heteroatoms. The Hall–Kier alpha value is -0.440. The zero-order chi connectivity index (χ0) is 5.70. The first-order chi connectivity index (χ1) is 3.27. The summed E-state index contributed by atoms with van der Waals surface area (Å²) in [6.45, 7) is 0. The molecule has 0 aromatic carbocycles. The van der Waals surface area contributed by atoms with Gasteiger partial charge in [-0.05, 0) is 11.7 Å². The van der Waals surface area contributed by atoms with Gasteiger partial charge < -0.3 is 5.11 Å². The van der Waals surface area contributed by atoms with Crippen molar-refractivity contribution in [2.75, 3.05) is 6.26 Å². The topological polar surface area (TPSA) is 37.3 Å². The highest BCUT2D eigenvalue weighted by atomic mass is 32.2. The minimum atomic E-state index is -0.894. The summed E-state index contributed by atoms with van der Waals surface area (Å²) in [5, 5.41) is 9.46. The molecule has 0 saturated heterocycles. The van der Waals surface area contributed by atoms with Gasteiger partial charge in [-0.3, -0.25) is 0 Å². The Bertz CT molecular complexity index is 87.7. The molecule has 2 nitrogen and oxygen atoms in total. The van der Waals surface area contributed by atoms with Crippen molar-refractivity contribution in [3.63, 3.8) is 0 Å². The Balaban J connectivity index is 3.26. The number of carboxylic acids is 1. The van der Waals surface area contributed by atoms with Crippen LogP contribution in [0.1, 0.15) is 0 Å². The molecule has 0 rings (SSSR count). The van der Waals surface area contributed by atoms with Crippen LogP contribution < -0.4 is 0 Å². The van der Waals surface area contributed by atoms with E-state index in [9.17, 15) is 4.79 Å². The summed E-state index contributed by atoms with van der Waals surface area (Å²) in [4.78, 5) is 9.66. The molecule has 0 spiro atoms. The molecule has 0 fully saturated rings. The number of carbonyl (C=O) groups is 1. The summed E-state index contributed by atoms with van der Waals surface area (Å²) >= 11 is 1.37. The predicted octanol–water partition coefficient (Wildman–Crippen LogP) is 0.948. The van der Waals surface area contributed by atoms with Crippen LogP contribution in [0.3, 0.4) is 0 Å². The molecule has 0 aliphatic rings. The number of rotatable bonds is 2. The summed E-state index contributed by atoms with van der Waals surface area (Å²) in [5.41, 5.74) is 0. The predicted molar refractivity (Wildman–Crippen MR) is 30.3 cm³/mol. The molecular weight excluding hydrogens is 112 g/mol. The number of carboxylic acid groups (broad SMARTS) is 1. The zero-order valence-electron chi connectivity index (χ0n) is 3.92. The van der Waals surface area contributed by atoms with Crippen LogP contribution in [-0.4, -0.2) is 17.3 Å². The Morgan fingerprint density at radius 1 is 1.86 bits per heavy atom. The normalized spacial score (nSPS) is 9.86. The van der Waals surface area contributed by atoms with Crippen LogP contribution in [0, 0.1) is 0 Å². The average molecular weight is 118 g/mol. The molecule has 7 heavy (non-hydrogen) atoms. The lowest BCUT2D eigenvalue weighted by molar-refractivity contribution is -0.131. The quantitative estimate of drug-likeness (QED) is 0.548. The number of aliphatic carboxylic acids is 1. The first-order valence-electron chi connectivity index (χ1n) is 1.69. The molecule has 0 aliphatic carbocycles. The first kappa shape index (κ1) is 6.56. The summed E-state index contributed by atoms with van der Waals surface area (Å²) < 4.78 is 0. The zero-order valence-corrected chi connectivity index (χ0v) is 4.73. The smallest absolute Gasteiger partial charge is 0.328 e. The van der Waals surface area contributed by atoms with Gasteiger partial charge in [-0.1, -0.05) is 0 Å². The van der Waals surface area contributed by atoms with E-state index in [-0.39, 0.29) is 0 Å². The van der Waals surface area contributed by atoms with Gasteiger partial charge in [-0.15, -0.1) is 11.8 Å². The van der Waals surface area contributed by atoms with E-state index >= 15 is 0 Å². The Labute approximate surface area is 46.2 Å². The van der Waals surface area contributed by atoms with Crippen LogP contribution in [0.25, 0.3) is 0 Å². The van der Waals surface area contributed by atoms with Gasteiger partial charge in [0, 0.05) is 6.08 Å². The van der Waals surface area contributed by atoms with Crippen molar-refractivity contribution in [3.8, 4) is 0 Å². The molecule has 0 atom stereocenters. The lowest BCUT2D eigenvalue weighted by Gasteiger charge is -1.73. The molecule has 0 heterocycles. The third-order valence-corrected chi connectivity index (χ3v) is 0.755. The van der Waals surface area contributed by atoms with Gasteiger partial charge in [0.25, 0.3) is 0 Å². The van der Waals surface area contributed by atoms with Crippen molar-refractivity contribution < 1.29 is 9.90 Å². The van der Waals surface area contributed by atoms with E-state index in [4.69, 9.17) is 5.11 Å². The van der Waals surface area contributed by atoms with E-state index in [1.165, 1.54) is 17.2 Å². The van der Waals surface area contributed by atoms with E-state index in [0.29, 0.717) is 0 Å². The Morgan fingerprint density at radius 2 is 2.43 bits per heavy atom. The molecule has 0 bridgehead atoms. The number of hydrogen-bond acceptors (Lipinski definition) is 2. The average Bonchev–Trinajstić information content (AvgIpc) is 1.61. The molecule has 1 N–H and O–H groups in total. The minimum absolute atomic E-state index is 0.894. The lowest BCUT2D eigenvalue weighted by atomic mass is 10.7. The third-order valence-electron chi connectivity index (χ3n) is 0.347. The minimum Gasteiger partial charge on any atom is -0.478 e. The molecule has 0 aliphatic heterocycles. The molecule has 0 unspecified atom stereocenters. The first-order valence-corrected chi connectivity index (χ1v) is 2.98. The van der Waals surface area contributed by atoms with Crippen molar-refractivity contribution in [1.29, 1.82) is 0 Å². The highest BCUT2D eigenvalue weighted by molar-refractivity contribution is 8.01. The fraction of sp³-hybridized carbons (Fsp3) is 0.250. The standard InChI is InChI=1S/C4H6O2S/c1-7-3-2-4(5)6/h2-3H,1H3,(H,5,6). The molecule has 0 saturated carbocycles. The van der Waals surface area contributed by atoms with Crippen LogP contribution in [0.2, 0.25) is 0 Å². The van der Waals surface area contributed by atoms with Gasteiger partial charge in [-0.2, -0.15) is 0 Å². The fourth-order valence-electron chi connectivity index (χ4n) is 0.126.